The smallest absolute Gasteiger partial charge is 0.327 e. The van der Waals surface area contributed by atoms with Crippen molar-refractivity contribution in [2.24, 2.45) is 11.8 Å². The van der Waals surface area contributed by atoms with Crippen molar-refractivity contribution in [1.82, 2.24) is 5.32 Å². The van der Waals surface area contributed by atoms with E-state index in [1.807, 2.05) is 6.92 Å². The molecule has 0 bridgehead atoms. The molecular formula is C26H29FN2O6. The van der Waals surface area contributed by atoms with Gasteiger partial charge in [0.25, 0.3) is 0 Å². The van der Waals surface area contributed by atoms with Crippen LogP contribution in [0.4, 0.5) is 10.1 Å². The minimum atomic E-state index is -1.41. The van der Waals surface area contributed by atoms with E-state index >= 15 is 0 Å². The van der Waals surface area contributed by atoms with E-state index in [9.17, 15) is 18.8 Å². The predicted molar refractivity (Wildman–Crippen MR) is 126 cm³/mol. The third kappa shape index (κ3) is 3.93. The van der Waals surface area contributed by atoms with Gasteiger partial charge in [-0.1, -0.05) is 19.4 Å². The van der Waals surface area contributed by atoms with E-state index in [2.05, 4.69) is 5.32 Å². The number of methoxy groups -OCH3 is 2. The lowest BCUT2D eigenvalue weighted by atomic mass is 9.77. The average Bonchev–Trinajstić information content (AvgIpc) is 3.33. The van der Waals surface area contributed by atoms with Crippen molar-refractivity contribution in [2.45, 2.75) is 38.3 Å². The summed E-state index contributed by atoms with van der Waals surface area (Å²) in [7, 11) is 3.03. The molecule has 0 aliphatic carbocycles. The summed E-state index contributed by atoms with van der Waals surface area (Å²) < 4.78 is 29.9. The Labute approximate surface area is 203 Å². The summed E-state index contributed by atoms with van der Waals surface area (Å²) in [6.45, 7) is 3.72. The molecule has 2 heterocycles. The fourth-order valence-corrected chi connectivity index (χ4v) is 5.36. The zero-order chi connectivity index (χ0) is 25.3. The van der Waals surface area contributed by atoms with E-state index in [0.717, 1.165) is 4.90 Å². The maximum Gasteiger partial charge on any atom is 0.327 e. The van der Waals surface area contributed by atoms with E-state index in [1.165, 1.54) is 38.5 Å². The Morgan fingerprint density at radius 3 is 2.37 bits per heavy atom. The standard InChI is InChI=1S/C26H29FN2O6/c1-5-13-26(25(32)35-6-2)21-20(22(28-26)18-12-11-17(33-3)14-19(18)34-4)23(30)29(24(21)31)16-9-7-15(27)8-10-16/h7-12,14,20-22,28H,5-6,13H2,1-4H3/t20-,21+,22-,26+/m1/s1. The maximum absolute atomic E-state index is 13.8. The summed E-state index contributed by atoms with van der Waals surface area (Å²) in [5.74, 6) is -2.93. The summed E-state index contributed by atoms with van der Waals surface area (Å²) in [6.07, 6.45) is 0.859. The highest BCUT2D eigenvalue weighted by atomic mass is 19.1. The summed E-state index contributed by atoms with van der Waals surface area (Å²) in [5.41, 5.74) is -0.537. The highest BCUT2D eigenvalue weighted by molar-refractivity contribution is 6.24. The molecule has 2 aromatic rings. The molecule has 9 heteroatoms. The number of anilines is 1. The number of nitrogens with one attached hydrogen (secondary N) is 1. The van der Waals surface area contributed by atoms with Crippen molar-refractivity contribution >= 4 is 23.5 Å². The number of fused-ring (bicyclic) bond motifs is 1. The van der Waals surface area contributed by atoms with Crippen molar-refractivity contribution in [3.8, 4) is 11.5 Å². The summed E-state index contributed by atoms with van der Waals surface area (Å²) in [4.78, 5) is 42.1. The second kappa shape index (κ2) is 9.65. The first kappa shape index (κ1) is 24.7. The number of benzene rings is 2. The highest BCUT2D eigenvalue weighted by Gasteiger charge is 2.68. The second-order valence-corrected chi connectivity index (χ2v) is 8.66. The van der Waals surface area contributed by atoms with Crippen LogP contribution in [0.1, 0.15) is 38.3 Å². The monoisotopic (exact) mass is 484 g/mol. The van der Waals surface area contributed by atoms with Crippen LogP contribution >= 0.6 is 0 Å². The van der Waals surface area contributed by atoms with Gasteiger partial charge in [-0.2, -0.15) is 0 Å². The van der Waals surface area contributed by atoms with E-state index in [4.69, 9.17) is 14.2 Å². The molecule has 2 saturated heterocycles. The Bertz CT molecular complexity index is 1140. The number of esters is 1. The third-order valence-corrected chi connectivity index (χ3v) is 6.80. The van der Waals surface area contributed by atoms with Crippen molar-refractivity contribution in [2.75, 3.05) is 25.7 Å². The van der Waals surface area contributed by atoms with Crippen LogP contribution in [0.5, 0.6) is 11.5 Å². The van der Waals surface area contributed by atoms with Gasteiger partial charge >= 0.3 is 5.97 Å². The van der Waals surface area contributed by atoms with Gasteiger partial charge in [-0.15, -0.1) is 0 Å². The van der Waals surface area contributed by atoms with Gasteiger partial charge in [-0.25, -0.2) is 9.29 Å². The van der Waals surface area contributed by atoms with Crippen molar-refractivity contribution in [1.29, 1.82) is 0 Å². The van der Waals surface area contributed by atoms with E-state index in [-0.39, 0.29) is 18.7 Å². The van der Waals surface area contributed by atoms with Crippen LogP contribution in [0, 0.1) is 17.7 Å². The quantitative estimate of drug-likeness (QED) is 0.453. The number of hydrogen-bond acceptors (Lipinski definition) is 7. The molecule has 4 rings (SSSR count). The lowest BCUT2D eigenvalue weighted by molar-refractivity contribution is -0.155. The number of nitrogens with zero attached hydrogens (tertiary/aromatic N) is 1. The van der Waals surface area contributed by atoms with Crippen molar-refractivity contribution in [3.05, 3.63) is 53.8 Å². The minimum absolute atomic E-state index is 0.129. The van der Waals surface area contributed by atoms with Gasteiger partial charge in [-0.3, -0.25) is 19.7 Å². The summed E-state index contributed by atoms with van der Waals surface area (Å²) >= 11 is 0. The second-order valence-electron chi connectivity index (χ2n) is 8.66. The number of halogens is 1. The highest BCUT2D eigenvalue weighted by Crippen LogP contribution is 2.53. The van der Waals surface area contributed by atoms with Crippen molar-refractivity contribution < 1.29 is 33.0 Å². The molecule has 186 valence electrons. The Morgan fingerprint density at radius 2 is 1.77 bits per heavy atom. The van der Waals surface area contributed by atoms with Crippen LogP contribution in [-0.2, 0) is 19.1 Å². The first-order valence-electron chi connectivity index (χ1n) is 11.6. The number of amides is 2. The van der Waals surface area contributed by atoms with Gasteiger partial charge in [0.05, 0.1) is 38.3 Å². The van der Waals surface area contributed by atoms with Crippen molar-refractivity contribution in [3.63, 3.8) is 0 Å². The van der Waals surface area contributed by atoms with Gasteiger partial charge in [0.1, 0.15) is 22.9 Å². The first-order chi connectivity index (χ1) is 16.8. The number of ether oxygens (including phenoxy) is 3. The van der Waals surface area contributed by atoms with E-state index in [1.54, 1.807) is 25.1 Å². The molecule has 2 aliphatic rings. The molecule has 35 heavy (non-hydrogen) atoms. The third-order valence-electron chi connectivity index (χ3n) is 6.80. The molecule has 0 spiro atoms. The van der Waals surface area contributed by atoms with Crippen LogP contribution in [-0.4, -0.2) is 44.1 Å². The van der Waals surface area contributed by atoms with E-state index in [0.29, 0.717) is 23.5 Å². The molecule has 1 N–H and O–H groups in total. The molecule has 4 atom stereocenters. The summed E-state index contributed by atoms with van der Waals surface area (Å²) in [5, 5.41) is 3.34. The molecule has 2 fully saturated rings. The van der Waals surface area contributed by atoms with Crippen LogP contribution in [0.15, 0.2) is 42.5 Å². The number of carbonyl (C=O) groups excluding carboxylic acids is 3. The Hall–Kier alpha value is -3.46. The molecule has 2 aromatic carbocycles. The number of rotatable bonds is 8. The molecule has 0 aromatic heterocycles. The number of imide groups is 1. The zero-order valence-corrected chi connectivity index (χ0v) is 20.2. The number of hydrogen-bond donors (Lipinski definition) is 1. The first-order valence-corrected chi connectivity index (χ1v) is 11.6. The molecule has 2 amide bonds. The SMILES string of the molecule is CCC[C@]1(C(=O)OCC)N[C@H](c2ccc(OC)cc2OC)[C@@H]2C(=O)N(c3ccc(F)cc3)C(=O)[C@H]21. The van der Waals surface area contributed by atoms with Gasteiger partial charge < -0.3 is 14.2 Å². The maximum atomic E-state index is 13.8. The Kier molecular flexibility index (Phi) is 6.80. The fraction of sp³-hybridized carbons (Fsp3) is 0.423. The summed E-state index contributed by atoms with van der Waals surface area (Å²) in [6, 6.07) is 9.63. The number of carbonyl (C=O) groups is 3. The molecule has 0 unspecified atom stereocenters. The predicted octanol–water partition coefficient (Wildman–Crippen LogP) is 3.40. The molecule has 8 nitrogen and oxygen atoms in total. The Morgan fingerprint density at radius 1 is 1.06 bits per heavy atom. The minimum Gasteiger partial charge on any atom is -0.497 e. The normalized spacial score (nSPS) is 25.5. The zero-order valence-electron chi connectivity index (χ0n) is 20.2. The van der Waals surface area contributed by atoms with Gasteiger partial charge in [0.15, 0.2) is 0 Å². The van der Waals surface area contributed by atoms with Gasteiger partial charge in [-0.05, 0) is 43.7 Å². The van der Waals surface area contributed by atoms with Crippen LogP contribution in [0.2, 0.25) is 0 Å². The molecule has 0 radical (unpaired) electrons. The van der Waals surface area contributed by atoms with Crippen LogP contribution < -0.4 is 19.7 Å². The van der Waals surface area contributed by atoms with Gasteiger partial charge in [0.2, 0.25) is 11.8 Å². The van der Waals surface area contributed by atoms with Gasteiger partial charge in [0, 0.05) is 17.7 Å². The topological polar surface area (TPSA) is 94.2 Å². The van der Waals surface area contributed by atoms with E-state index < -0.39 is 47.0 Å². The van der Waals surface area contributed by atoms with Crippen LogP contribution in [0.25, 0.3) is 0 Å². The molecular weight excluding hydrogens is 455 g/mol. The Balaban J connectivity index is 1.88. The largest absolute Gasteiger partial charge is 0.497 e. The lowest BCUT2D eigenvalue weighted by Crippen LogP contribution is -2.56. The van der Waals surface area contributed by atoms with Crippen LogP contribution in [0.3, 0.4) is 0 Å². The molecule has 2 aliphatic heterocycles. The fourth-order valence-electron chi connectivity index (χ4n) is 5.36. The average molecular weight is 485 g/mol. The molecule has 0 saturated carbocycles. The lowest BCUT2D eigenvalue weighted by Gasteiger charge is -2.32.